The average Bonchev–Trinajstić information content (AvgIpc) is 1.65. The Morgan fingerprint density at radius 3 is 2.00 bits per heavy atom. The van der Waals surface area contributed by atoms with E-state index < -0.39 is 5.97 Å². The summed E-state index contributed by atoms with van der Waals surface area (Å²) < 4.78 is 0. The van der Waals surface area contributed by atoms with Gasteiger partial charge in [0.2, 0.25) is 0 Å². The number of rotatable bonds is 1. The normalized spacial score (nSPS) is 10.0. The molecule has 3 heteroatoms. The number of allylic oxidation sites excluding steroid dienone is 1. The molecule has 0 aromatic heterocycles. The first-order valence-corrected chi connectivity index (χ1v) is 2.04. The number of carbonyl (C=O) groups is 1. The van der Waals surface area contributed by atoms with Gasteiger partial charge in [-0.2, -0.15) is 0 Å². The molecule has 0 aliphatic heterocycles. The van der Waals surface area contributed by atoms with Gasteiger partial charge in [-0.15, -0.1) is 0 Å². The molecular formula is C5H8O2Tb. The maximum absolute atomic E-state index is 9.86. The molecule has 0 atom stereocenters. The summed E-state index contributed by atoms with van der Waals surface area (Å²) in [5.74, 6) is -0.845. The van der Waals surface area contributed by atoms with Crippen molar-refractivity contribution in [3.05, 3.63) is 11.6 Å². The molecule has 0 bridgehead atoms. The Kier molecular flexibility index (Phi) is 7.96. The van der Waals surface area contributed by atoms with E-state index in [-0.39, 0.29) is 38.6 Å². The van der Waals surface area contributed by atoms with Gasteiger partial charge in [-0.05, 0) is 13.8 Å². The summed E-state index contributed by atoms with van der Waals surface area (Å²) in [6.45, 7) is 3.26. The van der Waals surface area contributed by atoms with Gasteiger partial charge in [0.25, 0.3) is 0 Å². The van der Waals surface area contributed by atoms with Gasteiger partial charge in [-0.3, -0.25) is 0 Å². The van der Waals surface area contributed by atoms with Crippen molar-refractivity contribution in [2.75, 3.05) is 0 Å². The second-order valence-electron chi connectivity index (χ2n) is 1.28. The maximum atomic E-state index is 9.86. The van der Waals surface area contributed by atoms with Crippen LogP contribution in [0.25, 0.3) is 0 Å². The second kappa shape index (κ2) is 5.63. The molecule has 49 valence electrons. The van der Waals surface area contributed by atoms with Crippen molar-refractivity contribution >= 4 is 5.97 Å². The third-order valence-electron chi connectivity index (χ3n) is 0.770. The van der Waals surface area contributed by atoms with Gasteiger partial charge in [0.15, 0.2) is 0 Å². The molecule has 0 aliphatic rings. The molecule has 0 heterocycles. The van der Waals surface area contributed by atoms with Crippen molar-refractivity contribution in [2.45, 2.75) is 13.8 Å². The molecule has 0 saturated heterocycles. The van der Waals surface area contributed by atoms with Crippen LogP contribution in [0.1, 0.15) is 13.8 Å². The molecule has 0 aromatic rings. The van der Waals surface area contributed by atoms with Gasteiger partial charge in [-0.25, -0.2) is 4.79 Å². The summed E-state index contributed by atoms with van der Waals surface area (Å²) in [6, 6.07) is 0. The zero-order valence-electron chi connectivity index (χ0n) is 4.77. The van der Waals surface area contributed by atoms with Crippen LogP contribution in [0.2, 0.25) is 0 Å². The van der Waals surface area contributed by atoms with E-state index >= 15 is 0 Å². The molecule has 0 aromatic carbocycles. The Morgan fingerprint density at radius 2 is 2.00 bits per heavy atom. The van der Waals surface area contributed by atoms with Crippen LogP contribution in [0.4, 0.5) is 0 Å². The number of hydrogen-bond donors (Lipinski definition) is 1. The predicted molar refractivity (Wildman–Crippen MR) is 27.1 cm³/mol. The maximum Gasteiger partial charge on any atom is 0.330 e. The Labute approximate surface area is 79.4 Å². The minimum Gasteiger partial charge on any atom is -0.478 e. The molecule has 1 radical (unpaired) electrons. The zero-order chi connectivity index (χ0) is 5.86. The van der Waals surface area contributed by atoms with Crippen LogP contribution in [0, 0.1) is 38.6 Å². The first kappa shape index (κ1) is 11.3. The number of hydrogen-bond acceptors (Lipinski definition) is 1. The van der Waals surface area contributed by atoms with Gasteiger partial charge in [-0.1, -0.05) is 6.08 Å². The van der Waals surface area contributed by atoms with Crippen LogP contribution in [0.5, 0.6) is 0 Å². The van der Waals surface area contributed by atoms with E-state index in [0.717, 1.165) is 0 Å². The standard InChI is InChI=1S/C5H8O2.Tb/c1-3-4(2)5(6)7;/h3H,1-2H3,(H,6,7);. The fourth-order valence-electron chi connectivity index (χ4n) is 0.123. The fraction of sp³-hybridized carbons (Fsp3) is 0.400. The van der Waals surface area contributed by atoms with E-state index in [9.17, 15) is 4.79 Å². The van der Waals surface area contributed by atoms with Gasteiger partial charge in [0.1, 0.15) is 0 Å². The van der Waals surface area contributed by atoms with Gasteiger partial charge < -0.3 is 5.11 Å². The molecule has 0 amide bonds. The number of carboxylic acids is 1. The summed E-state index contributed by atoms with van der Waals surface area (Å²) in [7, 11) is 0. The van der Waals surface area contributed by atoms with Gasteiger partial charge >= 0.3 is 5.97 Å². The van der Waals surface area contributed by atoms with E-state index in [1.54, 1.807) is 19.9 Å². The van der Waals surface area contributed by atoms with E-state index in [4.69, 9.17) is 5.11 Å². The average molecular weight is 259 g/mol. The van der Waals surface area contributed by atoms with E-state index in [1.807, 2.05) is 0 Å². The Hall–Kier alpha value is 0.496. The molecular weight excluding hydrogens is 251 g/mol. The third-order valence-corrected chi connectivity index (χ3v) is 0.770. The van der Waals surface area contributed by atoms with Crippen molar-refractivity contribution < 1.29 is 48.5 Å². The summed E-state index contributed by atoms with van der Waals surface area (Å²) in [5.41, 5.74) is 0.389. The quantitative estimate of drug-likeness (QED) is 0.714. The van der Waals surface area contributed by atoms with Gasteiger partial charge in [0, 0.05) is 44.2 Å². The smallest absolute Gasteiger partial charge is 0.330 e. The molecule has 0 aliphatic carbocycles. The number of aliphatic carboxylic acids is 1. The van der Waals surface area contributed by atoms with Crippen molar-refractivity contribution in [1.29, 1.82) is 0 Å². The van der Waals surface area contributed by atoms with Crippen LogP contribution in [0.3, 0.4) is 0 Å². The molecule has 0 unspecified atom stereocenters. The largest absolute Gasteiger partial charge is 0.478 e. The first-order valence-electron chi connectivity index (χ1n) is 2.04. The minimum absolute atomic E-state index is 0. The van der Waals surface area contributed by atoms with E-state index in [1.165, 1.54) is 0 Å². The van der Waals surface area contributed by atoms with E-state index in [0.29, 0.717) is 5.57 Å². The zero-order valence-corrected chi connectivity index (χ0v) is 6.90. The molecule has 0 saturated carbocycles. The third kappa shape index (κ3) is 4.65. The molecule has 8 heavy (non-hydrogen) atoms. The summed E-state index contributed by atoms with van der Waals surface area (Å²) >= 11 is 0. The molecule has 2 nitrogen and oxygen atoms in total. The Morgan fingerprint density at radius 1 is 1.62 bits per heavy atom. The van der Waals surface area contributed by atoms with Crippen LogP contribution < -0.4 is 0 Å². The summed E-state index contributed by atoms with van der Waals surface area (Å²) in [5, 5.41) is 8.11. The summed E-state index contributed by atoms with van der Waals surface area (Å²) in [4.78, 5) is 9.86. The molecule has 1 N–H and O–H groups in total. The molecule has 0 rings (SSSR count). The van der Waals surface area contributed by atoms with Crippen molar-refractivity contribution in [2.24, 2.45) is 0 Å². The first-order chi connectivity index (χ1) is 3.18. The topological polar surface area (TPSA) is 37.3 Å². The van der Waals surface area contributed by atoms with Crippen molar-refractivity contribution in [1.82, 2.24) is 0 Å². The Balaban J connectivity index is 0. The van der Waals surface area contributed by atoms with Crippen LogP contribution >= 0.6 is 0 Å². The number of carboxylic acid groups (broad SMARTS) is 1. The second-order valence-corrected chi connectivity index (χ2v) is 1.28. The van der Waals surface area contributed by atoms with Gasteiger partial charge in [0.05, 0.1) is 0 Å². The SMILES string of the molecule is CC=C(C)C(=O)O.[Tb]. The fourth-order valence-corrected chi connectivity index (χ4v) is 0.123. The Bertz CT molecular complexity index is 107. The van der Waals surface area contributed by atoms with Crippen LogP contribution in [-0.2, 0) is 4.79 Å². The van der Waals surface area contributed by atoms with Crippen molar-refractivity contribution in [3.8, 4) is 0 Å². The minimum atomic E-state index is -0.845. The predicted octanol–water partition coefficient (Wildman–Crippen LogP) is 1.04. The van der Waals surface area contributed by atoms with Crippen molar-refractivity contribution in [3.63, 3.8) is 0 Å². The molecule has 0 fully saturated rings. The summed E-state index contributed by atoms with van der Waals surface area (Å²) in [6.07, 6.45) is 1.56. The van der Waals surface area contributed by atoms with Crippen LogP contribution in [-0.4, -0.2) is 11.1 Å². The van der Waals surface area contributed by atoms with E-state index in [2.05, 4.69) is 0 Å². The van der Waals surface area contributed by atoms with Crippen LogP contribution in [0.15, 0.2) is 11.6 Å². The molecule has 0 spiro atoms. The monoisotopic (exact) mass is 259 g/mol.